The molecular formula is C13H16F3N3O. The summed E-state index contributed by atoms with van der Waals surface area (Å²) in [6.07, 6.45) is 2.49. The highest BCUT2D eigenvalue weighted by Crippen LogP contribution is 2.29. The average Bonchev–Trinajstić information content (AvgIpc) is 2.45. The lowest BCUT2D eigenvalue weighted by Crippen LogP contribution is -2.32. The minimum atomic E-state index is -4.65. The molecule has 7 heteroatoms. The number of carbonyl (C=O) groups excluding carboxylic acids is 1. The molecule has 4 nitrogen and oxygen atoms in total. The third-order valence-corrected chi connectivity index (χ3v) is 3.50. The van der Waals surface area contributed by atoms with Crippen molar-refractivity contribution in [3.05, 3.63) is 23.8 Å². The minimum absolute atomic E-state index is 0.353. The predicted octanol–water partition coefficient (Wildman–Crippen LogP) is 2.81. The van der Waals surface area contributed by atoms with Gasteiger partial charge in [-0.25, -0.2) is 9.97 Å². The second-order valence-corrected chi connectivity index (χ2v) is 5.00. The van der Waals surface area contributed by atoms with Crippen LogP contribution < -0.4 is 5.32 Å². The molecular weight excluding hydrogens is 271 g/mol. The van der Waals surface area contributed by atoms with Crippen molar-refractivity contribution in [2.45, 2.75) is 38.3 Å². The number of rotatable bonds is 3. The second-order valence-electron chi connectivity index (χ2n) is 5.00. The first-order valence-corrected chi connectivity index (χ1v) is 6.64. The molecule has 0 saturated heterocycles. The van der Waals surface area contributed by atoms with Crippen LogP contribution in [0.15, 0.2) is 12.5 Å². The molecule has 0 aromatic carbocycles. The Labute approximate surface area is 114 Å². The Morgan fingerprint density at radius 1 is 1.30 bits per heavy atom. The van der Waals surface area contributed by atoms with E-state index in [1.165, 1.54) is 6.42 Å². The first-order valence-electron chi connectivity index (χ1n) is 6.64. The average molecular weight is 287 g/mol. The molecule has 0 aliphatic heterocycles. The van der Waals surface area contributed by atoms with Gasteiger partial charge >= 0.3 is 6.18 Å². The second kappa shape index (κ2) is 6.19. The molecule has 1 aromatic heterocycles. The summed E-state index contributed by atoms with van der Waals surface area (Å²) in [6.45, 7) is 0.408. The van der Waals surface area contributed by atoms with E-state index < -0.39 is 23.3 Å². The molecule has 0 spiro atoms. The molecule has 1 saturated carbocycles. The number of amides is 1. The maximum absolute atomic E-state index is 12.7. The molecule has 110 valence electrons. The number of aromatic nitrogens is 2. The van der Waals surface area contributed by atoms with E-state index in [0.29, 0.717) is 12.5 Å². The van der Waals surface area contributed by atoms with Crippen LogP contribution in [-0.2, 0) is 6.18 Å². The molecule has 1 N–H and O–H groups in total. The highest BCUT2D eigenvalue weighted by atomic mass is 19.4. The van der Waals surface area contributed by atoms with E-state index in [2.05, 4.69) is 15.3 Å². The van der Waals surface area contributed by atoms with Crippen molar-refractivity contribution in [2.24, 2.45) is 5.92 Å². The zero-order valence-corrected chi connectivity index (χ0v) is 10.9. The molecule has 0 unspecified atom stereocenters. The number of halogens is 3. The Balaban J connectivity index is 2.02. The number of nitrogens with one attached hydrogen (secondary N) is 1. The zero-order chi connectivity index (χ0) is 14.6. The molecule has 20 heavy (non-hydrogen) atoms. The van der Waals surface area contributed by atoms with Gasteiger partial charge in [0.1, 0.15) is 6.33 Å². The number of hydrogen-bond acceptors (Lipinski definition) is 3. The predicted molar refractivity (Wildman–Crippen MR) is 65.9 cm³/mol. The highest BCUT2D eigenvalue weighted by Gasteiger charge is 2.37. The lowest BCUT2D eigenvalue weighted by atomic mass is 9.89. The van der Waals surface area contributed by atoms with Crippen LogP contribution in [0.5, 0.6) is 0 Å². The summed E-state index contributed by atoms with van der Waals surface area (Å²) in [6, 6.07) is 0. The van der Waals surface area contributed by atoms with E-state index in [1.54, 1.807) is 0 Å². The van der Waals surface area contributed by atoms with Crippen molar-refractivity contribution in [1.82, 2.24) is 15.3 Å². The van der Waals surface area contributed by atoms with Crippen LogP contribution in [0, 0.1) is 5.92 Å². The Hall–Kier alpha value is -1.66. The van der Waals surface area contributed by atoms with Crippen molar-refractivity contribution < 1.29 is 18.0 Å². The van der Waals surface area contributed by atoms with Crippen LogP contribution in [0.1, 0.15) is 48.2 Å². The Kier molecular flexibility index (Phi) is 4.57. The van der Waals surface area contributed by atoms with Crippen LogP contribution in [0.3, 0.4) is 0 Å². The van der Waals surface area contributed by atoms with E-state index in [1.807, 2.05) is 0 Å². The van der Waals surface area contributed by atoms with Crippen molar-refractivity contribution >= 4 is 5.91 Å². The van der Waals surface area contributed by atoms with E-state index in [0.717, 1.165) is 38.2 Å². The van der Waals surface area contributed by atoms with Gasteiger partial charge in [0.2, 0.25) is 0 Å². The molecule has 1 aliphatic carbocycles. The summed E-state index contributed by atoms with van der Waals surface area (Å²) in [4.78, 5) is 18.5. The molecule has 1 amide bonds. The van der Waals surface area contributed by atoms with E-state index in [4.69, 9.17) is 0 Å². The SMILES string of the molecule is O=C(NCC1CCCCC1)c1cncnc1C(F)(F)F. The van der Waals surface area contributed by atoms with Crippen molar-refractivity contribution in [3.63, 3.8) is 0 Å². The monoisotopic (exact) mass is 287 g/mol. The smallest absolute Gasteiger partial charge is 0.352 e. The van der Waals surface area contributed by atoms with Crippen LogP contribution in [0.4, 0.5) is 13.2 Å². The Morgan fingerprint density at radius 2 is 2.00 bits per heavy atom. The molecule has 1 fully saturated rings. The van der Waals surface area contributed by atoms with Crippen LogP contribution in [-0.4, -0.2) is 22.4 Å². The minimum Gasteiger partial charge on any atom is -0.352 e. The molecule has 1 heterocycles. The third-order valence-electron chi connectivity index (χ3n) is 3.50. The van der Waals surface area contributed by atoms with Gasteiger partial charge in [-0.05, 0) is 18.8 Å². The van der Waals surface area contributed by atoms with Gasteiger partial charge in [0.05, 0.1) is 5.56 Å². The maximum atomic E-state index is 12.7. The fraction of sp³-hybridized carbons (Fsp3) is 0.615. The molecule has 1 aliphatic rings. The van der Waals surface area contributed by atoms with Crippen LogP contribution >= 0.6 is 0 Å². The summed E-state index contributed by atoms with van der Waals surface area (Å²) >= 11 is 0. The van der Waals surface area contributed by atoms with Gasteiger partial charge in [0.25, 0.3) is 5.91 Å². The standard InChI is InChI=1S/C13H16F3N3O/c14-13(15,16)11-10(7-17-8-19-11)12(20)18-6-9-4-2-1-3-5-9/h7-9H,1-6H2,(H,18,20). The van der Waals surface area contributed by atoms with Gasteiger partial charge in [-0.2, -0.15) is 13.2 Å². The number of hydrogen-bond donors (Lipinski definition) is 1. The lowest BCUT2D eigenvalue weighted by molar-refractivity contribution is -0.141. The Morgan fingerprint density at radius 3 is 2.65 bits per heavy atom. The summed E-state index contributed by atoms with van der Waals surface area (Å²) in [5.74, 6) is -0.407. The maximum Gasteiger partial charge on any atom is 0.434 e. The summed E-state index contributed by atoms with van der Waals surface area (Å²) in [5, 5.41) is 2.56. The molecule has 1 aromatic rings. The van der Waals surface area contributed by atoms with Gasteiger partial charge in [-0.15, -0.1) is 0 Å². The lowest BCUT2D eigenvalue weighted by Gasteiger charge is -2.21. The van der Waals surface area contributed by atoms with Crippen molar-refractivity contribution in [1.29, 1.82) is 0 Å². The van der Waals surface area contributed by atoms with Crippen molar-refractivity contribution in [3.8, 4) is 0 Å². The largest absolute Gasteiger partial charge is 0.434 e. The topological polar surface area (TPSA) is 54.9 Å². The van der Waals surface area contributed by atoms with Gasteiger partial charge in [0.15, 0.2) is 5.69 Å². The van der Waals surface area contributed by atoms with E-state index >= 15 is 0 Å². The molecule has 2 rings (SSSR count). The quantitative estimate of drug-likeness (QED) is 0.930. The fourth-order valence-corrected chi connectivity index (χ4v) is 2.45. The fourth-order valence-electron chi connectivity index (χ4n) is 2.45. The molecule has 0 bridgehead atoms. The third kappa shape index (κ3) is 3.68. The Bertz CT molecular complexity index is 470. The summed E-state index contributed by atoms with van der Waals surface area (Å²) in [5.41, 5.74) is -1.70. The number of nitrogens with zero attached hydrogens (tertiary/aromatic N) is 2. The summed E-state index contributed by atoms with van der Waals surface area (Å²) < 4.78 is 38.2. The van der Waals surface area contributed by atoms with Crippen molar-refractivity contribution in [2.75, 3.05) is 6.54 Å². The first-order chi connectivity index (χ1) is 9.48. The van der Waals surface area contributed by atoms with Crippen LogP contribution in [0.2, 0.25) is 0 Å². The van der Waals surface area contributed by atoms with Gasteiger partial charge < -0.3 is 5.32 Å². The molecule has 0 radical (unpaired) electrons. The molecule has 0 atom stereocenters. The van der Waals surface area contributed by atoms with E-state index in [-0.39, 0.29) is 0 Å². The normalized spacial score (nSPS) is 16.9. The number of carbonyl (C=O) groups is 1. The first kappa shape index (κ1) is 14.7. The highest BCUT2D eigenvalue weighted by molar-refractivity contribution is 5.95. The van der Waals surface area contributed by atoms with Gasteiger partial charge in [-0.1, -0.05) is 19.3 Å². The van der Waals surface area contributed by atoms with Gasteiger partial charge in [0, 0.05) is 12.7 Å². The van der Waals surface area contributed by atoms with Gasteiger partial charge in [-0.3, -0.25) is 4.79 Å². The van der Waals surface area contributed by atoms with E-state index in [9.17, 15) is 18.0 Å². The van der Waals surface area contributed by atoms with Crippen LogP contribution in [0.25, 0.3) is 0 Å². The zero-order valence-electron chi connectivity index (χ0n) is 10.9. The number of alkyl halides is 3. The summed E-state index contributed by atoms with van der Waals surface area (Å²) in [7, 11) is 0.